The van der Waals surface area contributed by atoms with Crippen molar-refractivity contribution in [2.45, 2.75) is 6.92 Å². The molecular weight excluding hydrogens is 257 g/mol. The number of halogens is 2. The number of carbonyl (C=O) groups excluding carboxylic acids is 1. The van der Waals surface area contributed by atoms with Crippen molar-refractivity contribution in [1.82, 2.24) is 4.98 Å². The Morgan fingerprint density at radius 1 is 1.06 bits per heavy atom. The third kappa shape index (κ3) is 2.84. The van der Waals surface area contributed by atoms with E-state index < -0.39 is 0 Å². The summed E-state index contributed by atoms with van der Waals surface area (Å²) < 4.78 is 0. The molecule has 0 amide bonds. The van der Waals surface area contributed by atoms with E-state index in [0.717, 1.165) is 5.69 Å². The summed E-state index contributed by atoms with van der Waals surface area (Å²) in [4.78, 5) is 16.2. The maximum Gasteiger partial charge on any atom is 0.193 e. The molecule has 1 heterocycles. The maximum absolute atomic E-state index is 12.2. The van der Waals surface area contributed by atoms with Crippen molar-refractivity contribution in [2.75, 3.05) is 0 Å². The van der Waals surface area contributed by atoms with E-state index in [2.05, 4.69) is 4.98 Å². The molecule has 86 valence electrons. The average molecular weight is 266 g/mol. The van der Waals surface area contributed by atoms with Crippen molar-refractivity contribution in [3.63, 3.8) is 0 Å². The predicted molar refractivity (Wildman–Crippen MR) is 68.9 cm³/mol. The molecule has 1 aromatic carbocycles. The van der Waals surface area contributed by atoms with Gasteiger partial charge in [-0.25, -0.2) is 0 Å². The molecule has 0 saturated carbocycles. The number of carbonyl (C=O) groups is 1. The summed E-state index contributed by atoms with van der Waals surface area (Å²) in [7, 11) is 0. The Kier molecular flexibility index (Phi) is 3.46. The third-order valence-electron chi connectivity index (χ3n) is 2.28. The first-order chi connectivity index (χ1) is 8.06. The van der Waals surface area contributed by atoms with E-state index in [1.807, 2.05) is 6.92 Å². The summed E-state index contributed by atoms with van der Waals surface area (Å²) in [6.45, 7) is 1.84. The molecule has 0 aliphatic rings. The van der Waals surface area contributed by atoms with E-state index in [0.29, 0.717) is 21.2 Å². The summed E-state index contributed by atoms with van der Waals surface area (Å²) in [6, 6.07) is 8.20. The van der Waals surface area contributed by atoms with Gasteiger partial charge in [-0.3, -0.25) is 9.78 Å². The second-order valence-electron chi connectivity index (χ2n) is 3.67. The Labute approximate surface area is 109 Å². The van der Waals surface area contributed by atoms with Crippen LogP contribution in [0, 0.1) is 6.92 Å². The fraction of sp³-hybridized carbons (Fsp3) is 0.0769. The number of aromatic nitrogens is 1. The van der Waals surface area contributed by atoms with Crippen molar-refractivity contribution in [1.29, 1.82) is 0 Å². The number of aryl methyl sites for hydroxylation is 1. The Morgan fingerprint density at radius 3 is 2.29 bits per heavy atom. The zero-order chi connectivity index (χ0) is 12.4. The van der Waals surface area contributed by atoms with Crippen LogP contribution in [-0.4, -0.2) is 10.8 Å². The normalized spacial score (nSPS) is 10.3. The van der Waals surface area contributed by atoms with E-state index in [1.165, 1.54) is 0 Å². The van der Waals surface area contributed by atoms with Crippen LogP contribution < -0.4 is 0 Å². The Hall–Kier alpha value is -1.38. The minimum absolute atomic E-state index is 0.111. The molecule has 0 fully saturated rings. The quantitative estimate of drug-likeness (QED) is 0.771. The first-order valence-electron chi connectivity index (χ1n) is 5.00. The number of ketones is 1. The number of pyridine rings is 1. The van der Waals surface area contributed by atoms with Gasteiger partial charge in [0, 0.05) is 33.1 Å². The monoisotopic (exact) mass is 265 g/mol. The SMILES string of the molecule is Cc1cc(C(=O)c2cc(Cl)cc(Cl)c2)ccn1. The predicted octanol–water partition coefficient (Wildman–Crippen LogP) is 3.93. The van der Waals surface area contributed by atoms with Crippen LogP contribution >= 0.6 is 23.2 Å². The van der Waals surface area contributed by atoms with Gasteiger partial charge < -0.3 is 0 Å². The molecule has 0 N–H and O–H groups in total. The third-order valence-corrected chi connectivity index (χ3v) is 2.72. The second kappa shape index (κ2) is 4.86. The highest BCUT2D eigenvalue weighted by molar-refractivity contribution is 6.35. The van der Waals surface area contributed by atoms with E-state index in [-0.39, 0.29) is 5.78 Å². The van der Waals surface area contributed by atoms with Crippen LogP contribution in [0.1, 0.15) is 21.6 Å². The summed E-state index contributed by atoms with van der Waals surface area (Å²) in [5.74, 6) is -0.111. The molecule has 0 radical (unpaired) electrons. The molecule has 1 aromatic heterocycles. The molecule has 2 aromatic rings. The summed E-state index contributed by atoms with van der Waals surface area (Å²) >= 11 is 11.7. The molecule has 0 bridgehead atoms. The van der Waals surface area contributed by atoms with Crippen molar-refractivity contribution < 1.29 is 4.79 Å². The average Bonchev–Trinajstić information content (AvgIpc) is 2.26. The number of nitrogens with zero attached hydrogens (tertiary/aromatic N) is 1. The van der Waals surface area contributed by atoms with E-state index in [1.54, 1.807) is 36.5 Å². The smallest absolute Gasteiger partial charge is 0.193 e. The molecule has 2 nitrogen and oxygen atoms in total. The summed E-state index contributed by atoms with van der Waals surface area (Å²) in [6.07, 6.45) is 1.61. The van der Waals surface area contributed by atoms with Gasteiger partial charge in [0.25, 0.3) is 0 Å². The van der Waals surface area contributed by atoms with Gasteiger partial charge in [0.05, 0.1) is 0 Å². The molecule has 0 aliphatic heterocycles. The molecule has 0 saturated heterocycles. The van der Waals surface area contributed by atoms with Crippen LogP contribution in [0.2, 0.25) is 10.0 Å². The number of benzene rings is 1. The highest BCUT2D eigenvalue weighted by Crippen LogP contribution is 2.21. The Bertz CT molecular complexity index is 561. The number of hydrogen-bond donors (Lipinski definition) is 0. The van der Waals surface area contributed by atoms with Crippen molar-refractivity contribution in [2.24, 2.45) is 0 Å². The molecule has 0 spiro atoms. The van der Waals surface area contributed by atoms with Gasteiger partial charge in [-0.2, -0.15) is 0 Å². The van der Waals surface area contributed by atoms with Crippen molar-refractivity contribution in [3.8, 4) is 0 Å². The van der Waals surface area contributed by atoms with Gasteiger partial charge in [-0.1, -0.05) is 23.2 Å². The molecule has 2 rings (SSSR count). The van der Waals surface area contributed by atoms with Gasteiger partial charge >= 0.3 is 0 Å². The van der Waals surface area contributed by atoms with Crippen molar-refractivity contribution in [3.05, 3.63) is 63.4 Å². The van der Waals surface area contributed by atoms with E-state index in [9.17, 15) is 4.79 Å². The molecular formula is C13H9Cl2NO. The summed E-state index contributed by atoms with van der Waals surface area (Å²) in [5.41, 5.74) is 1.85. The lowest BCUT2D eigenvalue weighted by molar-refractivity contribution is 0.103. The topological polar surface area (TPSA) is 30.0 Å². The number of rotatable bonds is 2. The van der Waals surface area contributed by atoms with Crippen LogP contribution in [0.5, 0.6) is 0 Å². The first kappa shape index (κ1) is 12.1. The minimum Gasteiger partial charge on any atom is -0.289 e. The maximum atomic E-state index is 12.2. The van der Waals surface area contributed by atoms with Gasteiger partial charge in [0.2, 0.25) is 0 Å². The Balaban J connectivity index is 2.43. The fourth-order valence-corrected chi connectivity index (χ4v) is 2.06. The van der Waals surface area contributed by atoms with Crippen LogP contribution in [0.4, 0.5) is 0 Å². The van der Waals surface area contributed by atoms with E-state index >= 15 is 0 Å². The summed E-state index contributed by atoms with van der Waals surface area (Å²) in [5, 5.41) is 0.901. The molecule has 0 unspecified atom stereocenters. The molecule has 17 heavy (non-hydrogen) atoms. The Morgan fingerprint density at radius 2 is 1.71 bits per heavy atom. The zero-order valence-corrected chi connectivity index (χ0v) is 10.6. The molecule has 0 aliphatic carbocycles. The van der Waals surface area contributed by atoms with Gasteiger partial charge in [0.1, 0.15) is 0 Å². The standard InChI is InChI=1S/C13H9Cl2NO/c1-8-4-9(2-3-16-8)13(17)10-5-11(14)7-12(15)6-10/h2-7H,1H3. The molecule has 0 atom stereocenters. The van der Waals surface area contributed by atoms with Gasteiger partial charge in [0.15, 0.2) is 5.78 Å². The lowest BCUT2D eigenvalue weighted by Crippen LogP contribution is -2.02. The van der Waals surface area contributed by atoms with Crippen LogP contribution in [0.25, 0.3) is 0 Å². The zero-order valence-electron chi connectivity index (χ0n) is 9.08. The fourth-order valence-electron chi connectivity index (χ4n) is 1.54. The van der Waals surface area contributed by atoms with E-state index in [4.69, 9.17) is 23.2 Å². The lowest BCUT2D eigenvalue weighted by atomic mass is 10.0. The second-order valence-corrected chi connectivity index (χ2v) is 4.55. The van der Waals surface area contributed by atoms with Gasteiger partial charge in [-0.05, 0) is 37.3 Å². The van der Waals surface area contributed by atoms with Crippen LogP contribution in [-0.2, 0) is 0 Å². The highest BCUT2D eigenvalue weighted by atomic mass is 35.5. The highest BCUT2D eigenvalue weighted by Gasteiger charge is 2.10. The molecule has 4 heteroatoms. The van der Waals surface area contributed by atoms with Crippen molar-refractivity contribution >= 4 is 29.0 Å². The van der Waals surface area contributed by atoms with Crippen LogP contribution in [0.3, 0.4) is 0 Å². The number of hydrogen-bond acceptors (Lipinski definition) is 2. The van der Waals surface area contributed by atoms with Gasteiger partial charge in [-0.15, -0.1) is 0 Å². The minimum atomic E-state index is -0.111. The van der Waals surface area contributed by atoms with Crippen LogP contribution in [0.15, 0.2) is 36.5 Å². The first-order valence-corrected chi connectivity index (χ1v) is 5.75. The lowest BCUT2D eigenvalue weighted by Gasteiger charge is -2.03. The largest absolute Gasteiger partial charge is 0.289 e.